The van der Waals surface area contributed by atoms with Crippen molar-refractivity contribution in [3.63, 3.8) is 0 Å². The lowest BCUT2D eigenvalue weighted by atomic mass is 10.1. The second-order valence-corrected chi connectivity index (χ2v) is 5.16. The molecule has 0 aliphatic carbocycles. The van der Waals surface area contributed by atoms with Gasteiger partial charge < -0.3 is 14.6 Å². The van der Waals surface area contributed by atoms with E-state index in [-0.39, 0.29) is 6.10 Å². The molecule has 0 radical (unpaired) electrons. The predicted molar refractivity (Wildman–Crippen MR) is 68.4 cm³/mol. The molecular weight excluding hydrogens is 230 g/mol. The topological polar surface area (TPSA) is 60.2 Å². The van der Waals surface area contributed by atoms with Gasteiger partial charge in [0.05, 0.1) is 6.10 Å². The molecule has 0 saturated carbocycles. The Hall–Kier alpha value is -0.940. The van der Waals surface area contributed by atoms with Gasteiger partial charge in [0.2, 0.25) is 5.89 Å². The van der Waals surface area contributed by atoms with E-state index < -0.39 is 0 Å². The first kappa shape index (κ1) is 13.5. The third kappa shape index (κ3) is 4.38. The Morgan fingerprint density at radius 3 is 3.00 bits per heavy atom. The molecule has 0 bridgehead atoms. The van der Waals surface area contributed by atoms with Gasteiger partial charge in [0.1, 0.15) is 0 Å². The predicted octanol–water partition coefficient (Wildman–Crippen LogP) is 1.72. The highest BCUT2D eigenvalue weighted by atomic mass is 16.5. The van der Waals surface area contributed by atoms with Gasteiger partial charge in [-0.1, -0.05) is 19.0 Å². The van der Waals surface area contributed by atoms with E-state index in [0.29, 0.717) is 11.9 Å². The van der Waals surface area contributed by atoms with Gasteiger partial charge >= 0.3 is 0 Å². The molecule has 5 heteroatoms. The minimum Gasteiger partial charge on any atom is -0.378 e. The van der Waals surface area contributed by atoms with Gasteiger partial charge in [-0.05, 0) is 19.3 Å². The first-order valence-corrected chi connectivity index (χ1v) is 6.90. The van der Waals surface area contributed by atoms with Crippen LogP contribution < -0.4 is 5.32 Å². The molecule has 5 nitrogen and oxygen atoms in total. The molecular formula is C13H23N3O2. The second-order valence-electron chi connectivity index (χ2n) is 5.16. The number of ether oxygens (including phenoxy) is 1. The van der Waals surface area contributed by atoms with Crippen LogP contribution in [-0.2, 0) is 17.6 Å². The van der Waals surface area contributed by atoms with E-state index in [1.807, 2.05) is 0 Å². The van der Waals surface area contributed by atoms with Crippen LogP contribution in [-0.4, -0.2) is 35.4 Å². The van der Waals surface area contributed by atoms with E-state index in [0.717, 1.165) is 38.2 Å². The molecule has 0 aromatic carbocycles. The molecule has 18 heavy (non-hydrogen) atoms. The molecule has 2 heterocycles. The lowest BCUT2D eigenvalue weighted by molar-refractivity contribution is 0.0153. The van der Waals surface area contributed by atoms with Crippen LogP contribution in [0.25, 0.3) is 0 Å². The maximum absolute atomic E-state index is 5.67. The van der Waals surface area contributed by atoms with Gasteiger partial charge in [-0.3, -0.25) is 0 Å². The molecule has 1 aliphatic rings. The normalized spacial score (nSPS) is 20.5. The van der Waals surface area contributed by atoms with Crippen LogP contribution in [0, 0.1) is 0 Å². The van der Waals surface area contributed by atoms with Crippen molar-refractivity contribution in [3.05, 3.63) is 11.7 Å². The van der Waals surface area contributed by atoms with Crippen molar-refractivity contribution in [2.45, 2.75) is 58.1 Å². The first-order valence-electron chi connectivity index (χ1n) is 6.90. The number of hydrogen-bond acceptors (Lipinski definition) is 5. The first-order chi connectivity index (χ1) is 8.74. The van der Waals surface area contributed by atoms with Crippen molar-refractivity contribution in [2.75, 3.05) is 13.2 Å². The smallest absolute Gasteiger partial charge is 0.227 e. The SMILES string of the molecule is CC(C)NCCc1nc(CC2CCCCO2)no1. The van der Waals surface area contributed by atoms with Crippen molar-refractivity contribution >= 4 is 0 Å². The molecule has 1 saturated heterocycles. The highest BCUT2D eigenvalue weighted by Gasteiger charge is 2.17. The van der Waals surface area contributed by atoms with Crippen LogP contribution in [0.15, 0.2) is 4.52 Å². The molecule has 1 atom stereocenters. The van der Waals surface area contributed by atoms with Crippen LogP contribution in [0.2, 0.25) is 0 Å². The Kier molecular flexibility index (Phi) is 5.13. The zero-order valence-electron chi connectivity index (χ0n) is 11.3. The molecule has 1 fully saturated rings. The average molecular weight is 253 g/mol. The second kappa shape index (κ2) is 6.85. The van der Waals surface area contributed by atoms with Crippen LogP contribution in [0.4, 0.5) is 0 Å². The zero-order valence-corrected chi connectivity index (χ0v) is 11.3. The van der Waals surface area contributed by atoms with Gasteiger partial charge in [-0.25, -0.2) is 0 Å². The van der Waals surface area contributed by atoms with Crippen molar-refractivity contribution in [1.29, 1.82) is 0 Å². The average Bonchev–Trinajstić information content (AvgIpc) is 2.78. The minimum atomic E-state index is 0.276. The van der Waals surface area contributed by atoms with Crippen molar-refractivity contribution in [1.82, 2.24) is 15.5 Å². The summed E-state index contributed by atoms with van der Waals surface area (Å²) in [6.07, 6.45) is 5.37. The number of nitrogens with zero attached hydrogens (tertiary/aromatic N) is 2. The molecule has 1 aromatic rings. The van der Waals surface area contributed by atoms with Crippen LogP contribution >= 0.6 is 0 Å². The van der Waals surface area contributed by atoms with Crippen LogP contribution in [0.1, 0.15) is 44.8 Å². The maximum Gasteiger partial charge on any atom is 0.227 e. The summed E-state index contributed by atoms with van der Waals surface area (Å²) >= 11 is 0. The van der Waals surface area contributed by atoms with Crippen LogP contribution in [0.5, 0.6) is 0 Å². The van der Waals surface area contributed by atoms with Gasteiger partial charge in [0.15, 0.2) is 5.82 Å². The molecule has 0 spiro atoms. The molecule has 1 N–H and O–H groups in total. The Labute approximate surface area is 108 Å². The Balaban J connectivity index is 1.74. The molecule has 2 rings (SSSR count). The summed E-state index contributed by atoms with van der Waals surface area (Å²) < 4.78 is 10.9. The van der Waals surface area contributed by atoms with E-state index in [1.165, 1.54) is 12.8 Å². The molecule has 1 aliphatic heterocycles. The third-order valence-corrected chi connectivity index (χ3v) is 3.09. The fraction of sp³-hybridized carbons (Fsp3) is 0.846. The third-order valence-electron chi connectivity index (χ3n) is 3.09. The van der Waals surface area contributed by atoms with E-state index in [9.17, 15) is 0 Å². The molecule has 1 aromatic heterocycles. The van der Waals surface area contributed by atoms with Crippen molar-refractivity contribution < 1.29 is 9.26 Å². The van der Waals surface area contributed by atoms with Crippen molar-refractivity contribution in [3.8, 4) is 0 Å². The van der Waals surface area contributed by atoms with E-state index in [2.05, 4.69) is 29.3 Å². The summed E-state index contributed by atoms with van der Waals surface area (Å²) in [6.45, 7) is 5.99. The lowest BCUT2D eigenvalue weighted by Crippen LogP contribution is -2.25. The van der Waals surface area contributed by atoms with E-state index in [1.54, 1.807) is 0 Å². The summed E-state index contributed by atoms with van der Waals surface area (Å²) in [5.74, 6) is 1.50. The quantitative estimate of drug-likeness (QED) is 0.836. The number of rotatable bonds is 6. The summed E-state index contributed by atoms with van der Waals surface area (Å²) in [7, 11) is 0. The number of aromatic nitrogens is 2. The molecule has 1 unspecified atom stereocenters. The summed E-state index contributed by atoms with van der Waals surface area (Å²) in [5.41, 5.74) is 0. The van der Waals surface area contributed by atoms with Gasteiger partial charge in [0, 0.05) is 32.0 Å². The highest BCUT2D eigenvalue weighted by Crippen LogP contribution is 2.15. The van der Waals surface area contributed by atoms with Gasteiger partial charge in [-0.15, -0.1) is 0 Å². The summed E-state index contributed by atoms with van der Waals surface area (Å²) in [5, 5.41) is 7.35. The molecule has 0 amide bonds. The fourth-order valence-corrected chi connectivity index (χ4v) is 2.11. The fourth-order valence-electron chi connectivity index (χ4n) is 2.11. The monoisotopic (exact) mass is 253 g/mol. The lowest BCUT2D eigenvalue weighted by Gasteiger charge is -2.20. The number of nitrogens with one attached hydrogen (secondary N) is 1. The van der Waals surface area contributed by atoms with Gasteiger partial charge in [-0.2, -0.15) is 4.98 Å². The Bertz CT molecular complexity index is 346. The Morgan fingerprint density at radius 2 is 2.28 bits per heavy atom. The van der Waals surface area contributed by atoms with Crippen molar-refractivity contribution in [2.24, 2.45) is 0 Å². The maximum atomic E-state index is 5.67. The Morgan fingerprint density at radius 1 is 1.39 bits per heavy atom. The number of hydrogen-bond donors (Lipinski definition) is 1. The summed E-state index contributed by atoms with van der Waals surface area (Å²) in [6, 6.07) is 0.489. The van der Waals surface area contributed by atoms with Gasteiger partial charge in [0.25, 0.3) is 0 Å². The minimum absolute atomic E-state index is 0.276. The van der Waals surface area contributed by atoms with E-state index in [4.69, 9.17) is 9.26 Å². The molecule has 102 valence electrons. The zero-order chi connectivity index (χ0) is 12.8. The summed E-state index contributed by atoms with van der Waals surface area (Å²) in [4.78, 5) is 4.40. The van der Waals surface area contributed by atoms with E-state index >= 15 is 0 Å². The van der Waals surface area contributed by atoms with Crippen LogP contribution in [0.3, 0.4) is 0 Å². The largest absolute Gasteiger partial charge is 0.378 e. The highest BCUT2D eigenvalue weighted by molar-refractivity contribution is 4.90. The standard InChI is InChI=1S/C13H23N3O2/c1-10(2)14-7-6-13-15-12(16-18-13)9-11-5-3-4-8-17-11/h10-11,14H,3-9H2,1-2H3.